The fourth-order valence-corrected chi connectivity index (χ4v) is 5.85. The Hall–Kier alpha value is -3.69. The molecule has 3 aliphatic rings. The highest BCUT2D eigenvalue weighted by molar-refractivity contribution is 6.35. The van der Waals surface area contributed by atoms with Gasteiger partial charge in [-0.3, -0.25) is 9.59 Å². The zero-order valence-corrected chi connectivity index (χ0v) is 23.0. The first-order valence-electron chi connectivity index (χ1n) is 13.5. The van der Waals surface area contributed by atoms with Crippen molar-refractivity contribution < 1.29 is 9.59 Å². The lowest BCUT2D eigenvalue weighted by Gasteiger charge is -2.32. The summed E-state index contributed by atoms with van der Waals surface area (Å²) in [6, 6.07) is 5.66. The summed E-state index contributed by atoms with van der Waals surface area (Å²) in [4.78, 5) is 43.1. The molecule has 2 aromatic heterocycles. The van der Waals surface area contributed by atoms with Crippen LogP contribution in [0.4, 0.5) is 17.3 Å². The van der Waals surface area contributed by atoms with Gasteiger partial charge in [0.1, 0.15) is 18.0 Å². The van der Waals surface area contributed by atoms with Crippen LogP contribution in [0, 0.1) is 13.8 Å². The van der Waals surface area contributed by atoms with Crippen molar-refractivity contribution in [1.82, 2.24) is 24.8 Å². The maximum Gasteiger partial charge on any atom is 0.257 e. The van der Waals surface area contributed by atoms with Crippen molar-refractivity contribution in [2.45, 2.75) is 39.5 Å². The molecule has 0 atom stereocenters. The number of rotatable bonds is 6. The average Bonchev–Trinajstić information content (AvgIpc) is 3.43. The Morgan fingerprint density at radius 2 is 1.87 bits per heavy atom. The number of hydrogen-bond acceptors (Lipinski definition) is 6. The quantitative estimate of drug-likeness (QED) is 0.384. The predicted octanol–water partition coefficient (Wildman–Crippen LogP) is 4.80. The van der Waals surface area contributed by atoms with Crippen LogP contribution in [0.5, 0.6) is 0 Å². The van der Waals surface area contributed by atoms with Gasteiger partial charge in [-0.1, -0.05) is 24.1 Å². The van der Waals surface area contributed by atoms with Crippen LogP contribution in [0.25, 0.3) is 11.6 Å². The summed E-state index contributed by atoms with van der Waals surface area (Å²) in [5.74, 6) is 0.733. The Balaban J connectivity index is 1.28. The van der Waals surface area contributed by atoms with Gasteiger partial charge in [0.05, 0.1) is 16.7 Å². The molecule has 10 heteroatoms. The minimum atomic E-state index is -0.267. The van der Waals surface area contributed by atoms with Crippen molar-refractivity contribution in [3.8, 4) is 0 Å². The Morgan fingerprint density at radius 1 is 1.05 bits per heavy atom. The highest BCUT2D eigenvalue weighted by atomic mass is 35.5. The number of hydrogen-bond donors (Lipinski definition) is 3. The minimum absolute atomic E-state index is 0.0601. The smallest absolute Gasteiger partial charge is 0.257 e. The fraction of sp³-hybridized carbons (Fsp3) is 0.379. The van der Waals surface area contributed by atoms with Crippen molar-refractivity contribution in [3.63, 3.8) is 0 Å². The number of aromatic amines is 1. The van der Waals surface area contributed by atoms with Gasteiger partial charge in [0, 0.05) is 48.2 Å². The summed E-state index contributed by atoms with van der Waals surface area (Å²) in [7, 11) is 0. The molecule has 1 saturated heterocycles. The highest BCUT2D eigenvalue weighted by Gasteiger charge is 2.32. The number of halogens is 1. The van der Waals surface area contributed by atoms with E-state index in [1.807, 2.05) is 36.9 Å². The van der Waals surface area contributed by atoms with E-state index in [1.165, 1.54) is 25.6 Å². The van der Waals surface area contributed by atoms with Crippen molar-refractivity contribution in [2.24, 2.45) is 0 Å². The van der Waals surface area contributed by atoms with Crippen LogP contribution in [0.3, 0.4) is 0 Å². The van der Waals surface area contributed by atoms with Gasteiger partial charge in [-0.05, 0) is 69.1 Å². The fourth-order valence-electron chi connectivity index (χ4n) is 5.67. The third kappa shape index (κ3) is 4.92. The molecule has 9 nitrogen and oxygen atoms in total. The number of carbonyl (C=O) groups excluding carboxylic acids is 2. The molecule has 3 N–H and O–H groups in total. The molecule has 1 fully saturated rings. The third-order valence-corrected chi connectivity index (χ3v) is 8.36. The van der Waals surface area contributed by atoms with E-state index in [4.69, 9.17) is 11.6 Å². The monoisotopic (exact) mass is 545 g/mol. The van der Waals surface area contributed by atoms with E-state index >= 15 is 0 Å². The van der Waals surface area contributed by atoms with Gasteiger partial charge in [0.15, 0.2) is 0 Å². The molecule has 1 aromatic carbocycles. The lowest BCUT2D eigenvalue weighted by atomic mass is 10.0. The molecule has 0 unspecified atom stereocenters. The van der Waals surface area contributed by atoms with Gasteiger partial charge in [0.25, 0.3) is 11.8 Å². The number of benzene rings is 1. The van der Waals surface area contributed by atoms with E-state index in [2.05, 4.69) is 30.5 Å². The molecule has 0 bridgehead atoms. The van der Waals surface area contributed by atoms with Crippen LogP contribution in [0.15, 0.2) is 24.5 Å². The number of aromatic nitrogens is 3. The number of carbonyl (C=O) groups is 2. The molecule has 6 rings (SSSR count). The van der Waals surface area contributed by atoms with E-state index in [1.54, 1.807) is 6.08 Å². The summed E-state index contributed by atoms with van der Waals surface area (Å²) in [5.41, 5.74) is 5.99. The largest absolute Gasteiger partial charge is 0.358 e. The zero-order valence-electron chi connectivity index (χ0n) is 22.2. The number of aryl methyl sites for hydroxylation is 1. The number of likely N-dealkylation sites (tertiary alicyclic amines) is 1. The number of H-pyrrole nitrogens is 1. The van der Waals surface area contributed by atoms with Crippen LogP contribution in [0.2, 0.25) is 5.02 Å². The van der Waals surface area contributed by atoms with E-state index in [0.29, 0.717) is 34.3 Å². The molecule has 0 spiro atoms. The minimum Gasteiger partial charge on any atom is -0.358 e. The number of nitrogens with one attached hydrogen (secondary N) is 3. The van der Waals surface area contributed by atoms with Crippen LogP contribution in [0.1, 0.15) is 57.7 Å². The zero-order chi connectivity index (χ0) is 27.1. The first-order chi connectivity index (χ1) is 18.9. The number of piperidine rings is 1. The number of fused-ring (bicyclic) bond motifs is 2. The Labute approximate surface area is 232 Å². The topological polar surface area (TPSA) is 106 Å². The summed E-state index contributed by atoms with van der Waals surface area (Å²) in [6.07, 6.45) is 7.76. The molecular weight excluding hydrogens is 514 g/mol. The number of anilines is 3. The molecule has 0 radical (unpaired) electrons. The number of nitrogens with zero attached hydrogens (tertiary/aromatic N) is 4. The van der Waals surface area contributed by atoms with E-state index in [9.17, 15) is 9.59 Å². The Morgan fingerprint density at radius 3 is 2.67 bits per heavy atom. The van der Waals surface area contributed by atoms with Gasteiger partial charge in [-0.15, -0.1) is 0 Å². The van der Waals surface area contributed by atoms with Gasteiger partial charge >= 0.3 is 0 Å². The molecule has 0 aliphatic carbocycles. The summed E-state index contributed by atoms with van der Waals surface area (Å²) >= 11 is 6.32. The first-order valence-corrected chi connectivity index (χ1v) is 13.9. The lowest BCUT2D eigenvalue weighted by molar-refractivity contribution is -0.110. The molecule has 3 aromatic rings. The Kier molecular flexibility index (Phi) is 6.86. The molecule has 39 heavy (non-hydrogen) atoms. The van der Waals surface area contributed by atoms with Crippen molar-refractivity contribution in [2.75, 3.05) is 43.4 Å². The maximum absolute atomic E-state index is 13.5. The summed E-state index contributed by atoms with van der Waals surface area (Å²) in [5, 5.41) is 6.76. The summed E-state index contributed by atoms with van der Waals surface area (Å²) in [6.45, 7) is 8.47. The van der Waals surface area contributed by atoms with E-state index < -0.39 is 0 Å². The molecular formula is C29H32ClN7O2. The molecule has 202 valence electrons. The second kappa shape index (κ2) is 10.5. The second-order valence-corrected chi connectivity index (χ2v) is 10.9. The maximum atomic E-state index is 13.5. The van der Waals surface area contributed by atoms with Gasteiger partial charge in [0.2, 0.25) is 0 Å². The highest BCUT2D eigenvalue weighted by Crippen LogP contribution is 2.38. The predicted molar refractivity (Wildman–Crippen MR) is 153 cm³/mol. The average molecular weight is 546 g/mol. The first kappa shape index (κ1) is 25.6. The number of amides is 2. The molecule has 3 aliphatic heterocycles. The third-order valence-electron chi connectivity index (χ3n) is 7.95. The normalized spacial score (nSPS) is 18.3. The van der Waals surface area contributed by atoms with Crippen LogP contribution < -0.4 is 10.6 Å². The van der Waals surface area contributed by atoms with Crippen LogP contribution in [-0.4, -0.2) is 69.3 Å². The Bertz CT molecular complexity index is 1490. The molecule has 2 amide bonds. The lowest BCUT2D eigenvalue weighted by Crippen LogP contribution is -2.43. The van der Waals surface area contributed by atoms with Crippen LogP contribution >= 0.6 is 11.6 Å². The van der Waals surface area contributed by atoms with Crippen molar-refractivity contribution >= 4 is 52.4 Å². The molecule has 0 saturated carbocycles. The van der Waals surface area contributed by atoms with Gasteiger partial charge in [-0.25, -0.2) is 9.97 Å². The summed E-state index contributed by atoms with van der Waals surface area (Å²) < 4.78 is 0. The van der Waals surface area contributed by atoms with Crippen LogP contribution in [-0.2, 0) is 11.2 Å². The van der Waals surface area contributed by atoms with E-state index in [-0.39, 0.29) is 11.8 Å². The van der Waals surface area contributed by atoms with Crippen molar-refractivity contribution in [3.05, 3.63) is 63.2 Å². The van der Waals surface area contributed by atoms with E-state index in [0.717, 1.165) is 66.4 Å². The van der Waals surface area contributed by atoms with Gasteiger partial charge in [-0.2, -0.15) is 0 Å². The van der Waals surface area contributed by atoms with Crippen molar-refractivity contribution in [1.29, 1.82) is 0 Å². The standard InChI is InChI=1S/C29H32ClN7O2/c1-17-6-7-19(14-21(17)30)33-26-25-20(28(38)35-27(25)32-16-31-26)15-23-18(2)24-22(34-23)8-11-37(29(24)39)13-12-36-9-4-3-5-10-36/h6-7,14-16,34H,3-5,8-13H2,1-2H3,(H2,31,32,33,35,38)/b20-15-. The van der Waals surface area contributed by atoms with Gasteiger partial charge < -0.3 is 25.4 Å². The SMILES string of the molecule is Cc1ccc(Nc2ncnc3c2/C(=C/c2[nH]c4c(c2C)C(=O)N(CCN2CCCCC2)CC4)C(=O)N3)cc1Cl. The molecule has 5 heterocycles. The second-order valence-electron chi connectivity index (χ2n) is 10.5.